The Morgan fingerprint density at radius 1 is 0.862 bits per heavy atom. The molecule has 162 valence electrons. The Morgan fingerprint density at radius 2 is 1.55 bits per heavy atom. The fourth-order valence-corrected chi connectivity index (χ4v) is 7.12. The summed E-state index contributed by atoms with van der Waals surface area (Å²) in [6.45, 7) is 7.26. The number of sulfonamides is 1. The highest BCUT2D eigenvalue weighted by atomic mass is 32.2. The van der Waals surface area contributed by atoms with Crippen LogP contribution in [-0.2, 0) is 10.0 Å². The maximum Gasteiger partial charge on any atom is 0.243 e. The molecule has 3 fully saturated rings. The molecule has 1 atom stereocenters. The summed E-state index contributed by atoms with van der Waals surface area (Å²) in [6.07, 6.45) is 11.1. The quantitative estimate of drug-likeness (QED) is 0.685. The maximum atomic E-state index is 13.1. The van der Waals surface area contributed by atoms with Crippen molar-refractivity contribution >= 4 is 10.0 Å². The van der Waals surface area contributed by atoms with E-state index in [1.807, 2.05) is 12.1 Å². The summed E-state index contributed by atoms with van der Waals surface area (Å²) in [5, 5.41) is 0. The van der Waals surface area contributed by atoms with Gasteiger partial charge in [-0.15, -0.1) is 0 Å². The van der Waals surface area contributed by atoms with Crippen LogP contribution in [0.15, 0.2) is 29.2 Å². The van der Waals surface area contributed by atoms with Crippen LogP contribution in [0.2, 0.25) is 0 Å². The van der Waals surface area contributed by atoms with E-state index in [1.54, 1.807) is 4.31 Å². The molecular formula is C24H38N2O2S. The van der Waals surface area contributed by atoms with Gasteiger partial charge in [0.15, 0.2) is 0 Å². The lowest BCUT2D eigenvalue weighted by atomic mass is 9.84. The topological polar surface area (TPSA) is 40.6 Å². The van der Waals surface area contributed by atoms with Crippen molar-refractivity contribution in [1.82, 2.24) is 9.21 Å². The Hall–Kier alpha value is -0.910. The molecule has 1 aliphatic carbocycles. The first-order valence-corrected chi connectivity index (χ1v) is 13.3. The summed E-state index contributed by atoms with van der Waals surface area (Å²) in [7, 11) is -3.36. The number of hydrogen-bond donors (Lipinski definition) is 0. The summed E-state index contributed by atoms with van der Waals surface area (Å²) < 4.78 is 28.0. The predicted molar refractivity (Wildman–Crippen MR) is 119 cm³/mol. The number of nitrogens with zero attached hydrogens (tertiary/aromatic N) is 2. The fourth-order valence-electron chi connectivity index (χ4n) is 5.65. The molecule has 0 spiro atoms. The maximum absolute atomic E-state index is 13.1. The van der Waals surface area contributed by atoms with Gasteiger partial charge in [0.25, 0.3) is 0 Å². The molecule has 2 saturated heterocycles. The Balaban J connectivity index is 1.32. The Labute approximate surface area is 177 Å². The third kappa shape index (κ3) is 5.23. The van der Waals surface area contributed by atoms with Gasteiger partial charge in [-0.3, -0.25) is 0 Å². The molecule has 0 amide bonds. The van der Waals surface area contributed by atoms with Crippen LogP contribution >= 0.6 is 0 Å². The Bertz CT molecular complexity index is 748. The predicted octanol–water partition coefficient (Wildman–Crippen LogP) is 4.87. The molecule has 1 unspecified atom stereocenters. The summed E-state index contributed by atoms with van der Waals surface area (Å²) in [5.41, 5.74) is 1.32. The minimum atomic E-state index is -3.36. The monoisotopic (exact) mass is 418 g/mol. The molecule has 3 aliphatic rings. The number of likely N-dealkylation sites (tertiary alicyclic amines) is 1. The lowest BCUT2D eigenvalue weighted by Gasteiger charge is -2.37. The average Bonchev–Trinajstić information content (AvgIpc) is 2.75. The molecule has 4 nitrogen and oxygen atoms in total. The highest BCUT2D eigenvalue weighted by molar-refractivity contribution is 7.89. The molecule has 0 radical (unpaired) electrons. The van der Waals surface area contributed by atoms with Gasteiger partial charge in [-0.1, -0.05) is 38.3 Å². The van der Waals surface area contributed by atoms with Crippen LogP contribution < -0.4 is 0 Å². The minimum absolute atomic E-state index is 0.473. The van der Waals surface area contributed by atoms with Gasteiger partial charge in [0.1, 0.15) is 0 Å². The lowest BCUT2D eigenvalue weighted by molar-refractivity contribution is 0.136. The molecule has 2 aliphatic heterocycles. The number of hydrogen-bond acceptors (Lipinski definition) is 3. The smallest absolute Gasteiger partial charge is 0.243 e. The van der Waals surface area contributed by atoms with Crippen molar-refractivity contribution in [1.29, 1.82) is 0 Å². The van der Waals surface area contributed by atoms with Gasteiger partial charge in [0, 0.05) is 26.2 Å². The second-order valence-corrected chi connectivity index (χ2v) is 11.7. The van der Waals surface area contributed by atoms with Crippen LogP contribution in [-0.4, -0.2) is 50.3 Å². The fraction of sp³-hybridized carbons (Fsp3) is 0.750. The van der Waals surface area contributed by atoms with Crippen LogP contribution in [0.3, 0.4) is 0 Å². The molecule has 4 rings (SSSR count). The summed E-state index contributed by atoms with van der Waals surface area (Å²) in [4.78, 5) is 3.08. The van der Waals surface area contributed by atoms with E-state index in [9.17, 15) is 8.42 Å². The second kappa shape index (κ2) is 9.49. The van der Waals surface area contributed by atoms with Crippen molar-refractivity contribution in [2.75, 3.05) is 32.7 Å². The van der Waals surface area contributed by atoms with Crippen LogP contribution in [0.4, 0.5) is 0 Å². The van der Waals surface area contributed by atoms with E-state index in [4.69, 9.17) is 0 Å². The molecule has 1 aromatic carbocycles. The summed E-state index contributed by atoms with van der Waals surface area (Å²) in [6, 6.07) is 7.82. The first-order chi connectivity index (χ1) is 14.0. The summed E-state index contributed by atoms with van der Waals surface area (Å²) >= 11 is 0. The highest BCUT2D eigenvalue weighted by Crippen LogP contribution is 2.33. The molecule has 29 heavy (non-hydrogen) atoms. The molecule has 0 N–H and O–H groups in total. The minimum Gasteiger partial charge on any atom is -0.303 e. The zero-order chi connectivity index (χ0) is 20.3. The van der Waals surface area contributed by atoms with E-state index in [2.05, 4.69) is 24.0 Å². The lowest BCUT2D eigenvalue weighted by Crippen LogP contribution is -2.43. The van der Waals surface area contributed by atoms with Crippen molar-refractivity contribution in [2.24, 2.45) is 11.8 Å². The van der Waals surface area contributed by atoms with Crippen molar-refractivity contribution in [3.63, 3.8) is 0 Å². The highest BCUT2D eigenvalue weighted by Gasteiger charge is 2.31. The van der Waals surface area contributed by atoms with E-state index in [0.717, 1.165) is 25.3 Å². The standard InChI is InChI=1S/C24H38N2O2S/c1-20-6-5-15-25(18-20)19-21-13-16-26(17-14-21)29(27,28)24-11-9-23(10-12-24)22-7-3-2-4-8-22/h9-12,20-22H,2-8,13-19H2,1H3. The van der Waals surface area contributed by atoms with Crippen LogP contribution in [0.25, 0.3) is 0 Å². The third-order valence-corrected chi connectivity index (χ3v) is 9.34. The molecule has 0 bridgehead atoms. The van der Waals surface area contributed by atoms with Gasteiger partial charge in [0.2, 0.25) is 10.0 Å². The molecule has 0 aromatic heterocycles. The zero-order valence-electron chi connectivity index (χ0n) is 18.1. The third-order valence-electron chi connectivity index (χ3n) is 7.43. The van der Waals surface area contributed by atoms with Gasteiger partial charge in [-0.05, 0) is 80.5 Å². The van der Waals surface area contributed by atoms with Crippen molar-refractivity contribution in [3.05, 3.63) is 29.8 Å². The molecular weight excluding hydrogens is 380 g/mol. The SMILES string of the molecule is CC1CCCN(CC2CCN(S(=O)(=O)c3ccc(C4CCCCC4)cc3)CC2)C1. The molecule has 1 aromatic rings. The van der Waals surface area contributed by atoms with E-state index >= 15 is 0 Å². The number of rotatable bonds is 5. The van der Waals surface area contributed by atoms with Crippen molar-refractivity contribution < 1.29 is 8.42 Å². The first kappa shape index (κ1) is 21.3. The van der Waals surface area contributed by atoms with E-state index in [-0.39, 0.29) is 0 Å². The van der Waals surface area contributed by atoms with Crippen LogP contribution in [0, 0.1) is 11.8 Å². The van der Waals surface area contributed by atoms with Crippen molar-refractivity contribution in [3.8, 4) is 0 Å². The van der Waals surface area contributed by atoms with Gasteiger partial charge in [0.05, 0.1) is 4.90 Å². The van der Waals surface area contributed by atoms with Gasteiger partial charge in [-0.25, -0.2) is 8.42 Å². The van der Waals surface area contributed by atoms with E-state index in [1.165, 1.54) is 63.6 Å². The van der Waals surface area contributed by atoms with Crippen LogP contribution in [0.5, 0.6) is 0 Å². The first-order valence-electron chi connectivity index (χ1n) is 11.8. The van der Waals surface area contributed by atoms with E-state index < -0.39 is 10.0 Å². The average molecular weight is 419 g/mol. The Morgan fingerprint density at radius 3 is 2.21 bits per heavy atom. The Kier molecular flexibility index (Phi) is 6.98. The number of benzene rings is 1. The van der Waals surface area contributed by atoms with Crippen molar-refractivity contribution in [2.45, 2.75) is 75.5 Å². The normalized spacial score (nSPS) is 26.6. The van der Waals surface area contributed by atoms with Crippen LogP contribution in [0.1, 0.15) is 76.2 Å². The second-order valence-electron chi connectivity index (χ2n) is 9.76. The molecule has 1 saturated carbocycles. The zero-order valence-corrected chi connectivity index (χ0v) is 18.9. The van der Waals surface area contributed by atoms with Gasteiger partial charge < -0.3 is 4.90 Å². The van der Waals surface area contributed by atoms with Gasteiger partial charge in [-0.2, -0.15) is 4.31 Å². The summed E-state index contributed by atoms with van der Waals surface area (Å²) in [5.74, 6) is 2.06. The molecule has 2 heterocycles. The number of piperidine rings is 2. The van der Waals surface area contributed by atoms with E-state index in [0.29, 0.717) is 29.8 Å². The largest absolute Gasteiger partial charge is 0.303 e. The molecule has 5 heteroatoms. The van der Waals surface area contributed by atoms with Gasteiger partial charge >= 0.3 is 0 Å².